The highest BCUT2D eigenvalue weighted by molar-refractivity contribution is 14.0. The van der Waals surface area contributed by atoms with Gasteiger partial charge in [-0.2, -0.15) is 0 Å². The molecule has 2 aromatic rings. The van der Waals surface area contributed by atoms with E-state index in [9.17, 15) is 0 Å². The molecule has 22 heavy (non-hydrogen) atoms. The lowest BCUT2D eigenvalue weighted by atomic mass is 10.1. The van der Waals surface area contributed by atoms with E-state index in [0.717, 1.165) is 15.4 Å². The first-order valence-corrected chi connectivity index (χ1v) is 7.95. The summed E-state index contributed by atoms with van der Waals surface area (Å²) in [5.74, 6) is 0.375. The molecule has 2 rings (SSSR count). The van der Waals surface area contributed by atoms with Crippen molar-refractivity contribution in [3.63, 3.8) is 0 Å². The minimum absolute atomic E-state index is 0. The first-order valence-electron chi connectivity index (χ1n) is 6.38. The fourth-order valence-corrected chi connectivity index (χ4v) is 3.13. The molecular formula is C14H17Cl2IN4S. The smallest absolute Gasteiger partial charge is 0.189 e. The van der Waals surface area contributed by atoms with Gasteiger partial charge in [-0.25, -0.2) is 9.98 Å². The number of guanidine groups is 1. The molecule has 3 N–H and O–H groups in total. The minimum atomic E-state index is -0.0540. The van der Waals surface area contributed by atoms with Crippen molar-refractivity contribution in [1.29, 1.82) is 0 Å². The van der Waals surface area contributed by atoms with Crippen molar-refractivity contribution < 1.29 is 0 Å². The highest BCUT2D eigenvalue weighted by Crippen LogP contribution is 2.25. The zero-order chi connectivity index (χ0) is 15.4. The number of rotatable bonds is 4. The standard InChI is InChI=1S/C14H16Cl2N4S.HI/c1-8(12-4-3-10(15)5-13(12)16)20-14(17)19-7-11-6-18-9(2)21-11;/h3-6,8H,7H2,1-2H3,(H3,17,19,20);1H. The van der Waals surface area contributed by atoms with Crippen LogP contribution in [0, 0.1) is 6.92 Å². The first-order chi connectivity index (χ1) is 9.95. The van der Waals surface area contributed by atoms with Gasteiger partial charge in [0.05, 0.1) is 17.6 Å². The van der Waals surface area contributed by atoms with Gasteiger partial charge >= 0.3 is 0 Å². The van der Waals surface area contributed by atoms with Crippen LogP contribution in [0.25, 0.3) is 0 Å². The van der Waals surface area contributed by atoms with Crippen LogP contribution in [0.15, 0.2) is 29.4 Å². The fraction of sp³-hybridized carbons (Fsp3) is 0.286. The lowest BCUT2D eigenvalue weighted by Crippen LogP contribution is -2.33. The van der Waals surface area contributed by atoms with Crippen LogP contribution >= 0.6 is 58.5 Å². The van der Waals surface area contributed by atoms with Gasteiger partial charge in [-0.15, -0.1) is 35.3 Å². The van der Waals surface area contributed by atoms with Gasteiger partial charge in [0.25, 0.3) is 0 Å². The van der Waals surface area contributed by atoms with E-state index >= 15 is 0 Å². The van der Waals surface area contributed by atoms with Crippen molar-refractivity contribution >= 4 is 64.5 Å². The van der Waals surface area contributed by atoms with Gasteiger partial charge in [-0.05, 0) is 31.5 Å². The Morgan fingerprint density at radius 2 is 2.18 bits per heavy atom. The normalized spacial score (nSPS) is 12.6. The van der Waals surface area contributed by atoms with E-state index in [2.05, 4.69) is 15.3 Å². The highest BCUT2D eigenvalue weighted by Gasteiger charge is 2.10. The van der Waals surface area contributed by atoms with E-state index in [1.54, 1.807) is 23.5 Å². The van der Waals surface area contributed by atoms with E-state index in [1.807, 2.05) is 26.1 Å². The molecule has 8 heteroatoms. The molecule has 1 aromatic heterocycles. The maximum absolute atomic E-state index is 6.17. The van der Waals surface area contributed by atoms with Crippen LogP contribution in [-0.2, 0) is 6.54 Å². The van der Waals surface area contributed by atoms with Crippen LogP contribution in [0.1, 0.15) is 28.4 Å². The average Bonchev–Trinajstić information content (AvgIpc) is 2.82. The van der Waals surface area contributed by atoms with Gasteiger partial charge in [0.15, 0.2) is 5.96 Å². The molecule has 0 radical (unpaired) electrons. The minimum Gasteiger partial charge on any atom is -0.370 e. The Balaban J connectivity index is 0.00000242. The van der Waals surface area contributed by atoms with Crippen LogP contribution in [0.4, 0.5) is 0 Å². The number of benzene rings is 1. The number of aryl methyl sites for hydroxylation is 1. The third-order valence-corrected chi connectivity index (χ3v) is 4.33. The van der Waals surface area contributed by atoms with Crippen molar-refractivity contribution in [1.82, 2.24) is 10.3 Å². The molecule has 0 bridgehead atoms. The lowest BCUT2D eigenvalue weighted by Gasteiger charge is -2.16. The number of thiazole rings is 1. The van der Waals surface area contributed by atoms with Gasteiger partial charge < -0.3 is 11.1 Å². The van der Waals surface area contributed by atoms with Crippen LogP contribution in [0.3, 0.4) is 0 Å². The summed E-state index contributed by atoms with van der Waals surface area (Å²) in [5, 5.41) is 5.35. The maximum atomic E-state index is 6.17. The Hall–Kier alpha value is -0.570. The van der Waals surface area contributed by atoms with Crippen LogP contribution in [-0.4, -0.2) is 10.9 Å². The summed E-state index contributed by atoms with van der Waals surface area (Å²) < 4.78 is 0. The average molecular weight is 471 g/mol. The Bertz CT molecular complexity index is 660. The molecule has 0 saturated carbocycles. The molecule has 0 aliphatic carbocycles. The SMILES string of the molecule is Cc1ncc(CN=C(N)NC(C)c2ccc(Cl)cc2Cl)s1.I. The molecule has 1 heterocycles. The summed E-state index contributed by atoms with van der Waals surface area (Å²) in [6.07, 6.45) is 1.82. The molecular weight excluding hydrogens is 454 g/mol. The number of halogens is 3. The van der Waals surface area contributed by atoms with Crippen molar-refractivity contribution in [3.8, 4) is 0 Å². The van der Waals surface area contributed by atoms with E-state index in [0.29, 0.717) is 22.5 Å². The summed E-state index contributed by atoms with van der Waals surface area (Å²) in [6, 6.07) is 5.34. The van der Waals surface area contributed by atoms with Gasteiger partial charge in [-0.3, -0.25) is 0 Å². The molecule has 0 aliphatic rings. The number of hydrogen-bond acceptors (Lipinski definition) is 3. The molecule has 0 aliphatic heterocycles. The lowest BCUT2D eigenvalue weighted by molar-refractivity contribution is 0.708. The summed E-state index contributed by atoms with van der Waals surface area (Å²) in [5.41, 5.74) is 6.82. The van der Waals surface area contributed by atoms with Gasteiger partial charge in [0.1, 0.15) is 0 Å². The van der Waals surface area contributed by atoms with Crippen LogP contribution in [0.2, 0.25) is 10.0 Å². The summed E-state index contributed by atoms with van der Waals surface area (Å²) in [4.78, 5) is 9.56. The van der Waals surface area contributed by atoms with Crippen molar-refractivity contribution in [3.05, 3.63) is 49.9 Å². The number of nitrogens with zero attached hydrogens (tertiary/aromatic N) is 2. The zero-order valence-corrected chi connectivity index (χ0v) is 16.8. The number of hydrogen-bond donors (Lipinski definition) is 2. The summed E-state index contributed by atoms with van der Waals surface area (Å²) >= 11 is 13.7. The third-order valence-electron chi connectivity index (χ3n) is 2.87. The maximum Gasteiger partial charge on any atom is 0.189 e. The predicted octanol–water partition coefficient (Wildman–Crippen LogP) is 4.54. The quantitative estimate of drug-likeness (QED) is 0.391. The second-order valence-electron chi connectivity index (χ2n) is 4.58. The number of nitrogens with two attached hydrogens (primary N) is 1. The molecule has 0 saturated heterocycles. The third kappa shape index (κ3) is 5.57. The summed E-state index contributed by atoms with van der Waals surface area (Å²) in [7, 11) is 0. The van der Waals surface area contributed by atoms with Gasteiger partial charge in [0.2, 0.25) is 0 Å². The first kappa shape index (κ1) is 19.5. The van der Waals surface area contributed by atoms with E-state index in [4.69, 9.17) is 28.9 Å². The predicted molar refractivity (Wildman–Crippen MR) is 106 cm³/mol. The van der Waals surface area contributed by atoms with E-state index in [-0.39, 0.29) is 30.0 Å². The second kappa shape index (κ2) is 8.90. The Kier molecular flexibility index (Phi) is 7.88. The Labute approximate surface area is 161 Å². The topological polar surface area (TPSA) is 63.3 Å². The molecule has 1 atom stereocenters. The molecule has 0 spiro atoms. The highest BCUT2D eigenvalue weighted by atomic mass is 127. The van der Waals surface area contributed by atoms with Crippen LogP contribution < -0.4 is 11.1 Å². The number of aromatic nitrogens is 1. The van der Waals surface area contributed by atoms with Crippen molar-refractivity contribution in [2.45, 2.75) is 26.4 Å². The summed E-state index contributed by atoms with van der Waals surface area (Å²) in [6.45, 7) is 4.45. The van der Waals surface area contributed by atoms with Gasteiger partial charge in [0, 0.05) is 21.1 Å². The second-order valence-corrected chi connectivity index (χ2v) is 6.74. The molecule has 0 fully saturated rings. The fourth-order valence-electron chi connectivity index (χ4n) is 1.84. The molecule has 1 aromatic carbocycles. The molecule has 0 amide bonds. The molecule has 1 unspecified atom stereocenters. The zero-order valence-electron chi connectivity index (χ0n) is 12.1. The number of nitrogens with one attached hydrogen (secondary N) is 1. The Morgan fingerprint density at radius 1 is 1.45 bits per heavy atom. The molecule has 4 nitrogen and oxygen atoms in total. The van der Waals surface area contributed by atoms with Crippen molar-refractivity contribution in [2.75, 3.05) is 0 Å². The van der Waals surface area contributed by atoms with Gasteiger partial charge in [-0.1, -0.05) is 29.3 Å². The largest absolute Gasteiger partial charge is 0.370 e. The number of aliphatic imine (C=N–C) groups is 1. The molecule has 120 valence electrons. The Morgan fingerprint density at radius 3 is 2.77 bits per heavy atom. The monoisotopic (exact) mass is 470 g/mol. The van der Waals surface area contributed by atoms with Crippen molar-refractivity contribution in [2.24, 2.45) is 10.7 Å². The van der Waals surface area contributed by atoms with E-state index < -0.39 is 0 Å². The van der Waals surface area contributed by atoms with E-state index in [1.165, 1.54) is 0 Å². The van der Waals surface area contributed by atoms with Crippen LogP contribution in [0.5, 0.6) is 0 Å².